The van der Waals surface area contributed by atoms with Gasteiger partial charge in [-0.05, 0) is 13.3 Å². The normalized spacial score (nSPS) is 10.5. The van der Waals surface area contributed by atoms with Gasteiger partial charge in [0.25, 0.3) is 0 Å². The summed E-state index contributed by atoms with van der Waals surface area (Å²) in [4.78, 5) is 0. The van der Waals surface area contributed by atoms with Crippen molar-refractivity contribution in [3.05, 3.63) is 12.2 Å². The van der Waals surface area contributed by atoms with Gasteiger partial charge in [-0.15, -0.1) is 6.58 Å². The second-order valence-electron chi connectivity index (χ2n) is 2.08. The quantitative estimate of drug-likeness (QED) is 0.208. The van der Waals surface area contributed by atoms with E-state index in [2.05, 4.69) is 11.7 Å². The average Bonchev–Trinajstić information content (AvgIpc) is 1.87. The van der Waals surface area contributed by atoms with E-state index < -0.39 is 0 Å². The van der Waals surface area contributed by atoms with Gasteiger partial charge < -0.3 is 9.94 Å². The van der Waals surface area contributed by atoms with E-state index in [1.807, 2.05) is 6.92 Å². The standard InChI is InChI=1S/C7H13NO2/c1-7(2)3-5-10-6-4-8-9/h4,9H,1,3,5-6H2,2H3/b8-4+. The Hall–Kier alpha value is -0.830. The molecule has 0 radical (unpaired) electrons. The van der Waals surface area contributed by atoms with Crippen molar-refractivity contribution in [1.29, 1.82) is 0 Å². The lowest BCUT2D eigenvalue weighted by atomic mass is 10.3. The maximum atomic E-state index is 7.95. The monoisotopic (exact) mass is 143 g/mol. The summed E-state index contributed by atoms with van der Waals surface area (Å²) in [6.45, 7) is 6.66. The Morgan fingerprint density at radius 2 is 2.50 bits per heavy atom. The molecule has 3 heteroatoms. The van der Waals surface area contributed by atoms with Gasteiger partial charge in [0.1, 0.15) is 0 Å². The van der Waals surface area contributed by atoms with Crippen molar-refractivity contribution in [2.75, 3.05) is 13.2 Å². The molecule has 10 heavy (non-hydrogen) atoms. The third-order valence-electron chi connectivity index (χ3n) is 0.947. The van der Waals surface area contributed by atoms with Crippen LogP contribution in [0.25, 0.3) is 0 Å². The first-order chi connectivity index (χ1) is 4.77. The summed E-state index contributed by atoms with van der Waals surface area (Å²) in [6.07, 6.45) is 2.16. The maximum absolute atomic E-state index is 7.95. The molecule has 0 fully saturated rings. The van der Waals surface area contributed by atoms with E-state index in [1.165, 1.54) is 6.21 Å². The van der Waals surface area contributed by atoms with E-state index in [-0.39, 0.29) is 0 Å². The van der Waals surface area contributed by atoms with Crippen LogP contribution in [0.2, 0.25) is 0 Å². The summed E-state index contributed by atoms with van der Waals surface area (Å²) in [5, 5.41) is 10.7. The number of hydrogen-bond acceptors (Lipinski definition) is 3. The fraction of sp³-hybridized carbons (Fsp3) is 0.571. The minimum absolute atomic E-state index is 0.365. The van der Waals surface area contributed by atoms with Crippen LogP contribution in [0.15, 0.2) is 17.3 Å². The summed E-state index contributed by atoms with van der Waals surface area (Å²) in [7, 11) is 0. The van der Waals surface area contributed by atoms with E-state index in [0.717, 1.165) is 12.0 Å². The van der Waals surface area contributed by atoms with Crippen LogP contribution in [-0.2, 0) is 4.74 Å². The van der Waals surface area contributed by atoms with Gasteiger partial charge in [-0.3, -0.25) is 0 Å². The van der Waals surface area contributed by atoms with Gasteiger partial charge in [-0.2, -0.15) is 0 Å². The highest BCUT2D eigenvalue weighted by Gasteiger charge is 1.85. The number of oxime groups is 1. The van der Waals surface area contributed by atoms with E-state index in [9.17, 15) is 0 Å². The lowest BCUT2D eigenvalue weighted by molar-refractivity contribution is 0.175. The number of hydrogen-bond donors (Lipinski definition) is 1. The van der Waals surface area contributed by atoms with Crippen LogP contribution in [0.4, 0.5) is 0 Å². The Kier molecular flexibility index (Phi) is 5.77. The first kappa shape index (κ1) is 9.17. The minimum atomic E-state index is 0.365. The number of ether oxygens (including phenoxy) is 1. The van der Waals surface area contributed by atoms with Crippen molar-refractivity contribution in [1.82, 2.24) is 0 Å². The molecule has 0 aliphatic carbocycles. The van der Waals surface area contributed by atoms with E-state index in [1.54, 1.807) is 0 Å². The van der Waals surface area contributed by atoms with Crippen molar-refractivity contribution in [2.24, 2.45) is 5.16 Å². The van der Waals surface area contributed by atoms with Gasteiger partial charge in [-0.25, -0.2) is 0 Å². The van der Waals surface area contributed by atoms with Crippen LogP contribution in [0.3, 0.4) is 0 Å². The summed E-state index contributed by atoms with van der Waals surface area (Å²) < 4.78 is 5.01. The van der Waals surface area contributed by atoms with E-state index in [0.29, 0.717) is 13.2 Å². The highest BCUT2D eigenvalue weighted by Crippen LogP contribution is 1.93. The average molecular weight is 143 g/mol. The van der Waals surface area contributed by atoms with E-state index in [4.69, 9.17) is 9.94 Å². The predicted octanol–water partition coefficient (Wildman–Crippen LogP) is 1.43. The van der Waals surface area contributed by atoms with Crippen molar-refractivity contribution < 1.29 is 9.94 Å². The molecule has 0 spiro atoms. The molecule has 0 aromatic carbocycles. The molecule has 58 valence electrons. The topological polar surface area (TPSA) is 41.8 Å². The minimum Gasteiger partial charge on any atom is -0.411 e. The fourth-order valence-corrected chi connectivity index (χ4v) is 0.416. The first-order valence-electron chi connectivity index (χ1n) is 3.15. The zero-order valence-corrected chi connectivity index (χ0v) is 6.21. The zero-order valence-electron chi connectivity index (χ0n) is 6.21. The van der Waals surface area contributed by atoms with Gasteiger partial charge in [0.2, 0.25) is 0 Å². The Morgan fingerprint density at radius 3 is 3.00 bits per heavy atom. The Bertz CT molecular complexity index is 121. The van der Waals surface area contributed by atoms with Crippen molar-refractivity contribution >= 4 is 6.21 Å². The molecule has 0 aromatic heterocycles. The molecular formula is C7H13NO2. The molecule has 0 aliphatic heterocycles. The highest BCUT2D eigenvalue weighted by molar-refractivity contribution is 5.57. The number of rotatable bonds is 5. The second kappa shape index (κ2) is 6.29. The lowest BCUT2D eigenvalue weighted by Gasteiger charge is -1.98. The van der Waals surface area contributed by atoms with Gasteiger partial charge in [0.05, 0.1) is 19.4 Å². The van der Waals surface area contributed by atoms with E-state index >= 15 is 0 Å². The zero-order chi connectivity index (χ0) is 7.82. The maximum Gasteiger partial charge on any atom is 0.0852 e. The van der Waals surface area contributed by atoms with Gasteiger partial charge >= 0.3 is 0 Å². The van der Waals surface area contributed by atoms with Crippen LogP contribution in [-0.4, -0.2) is 24.6 Å². The van der Waals surface area contributed by atoms with Crippen LogP contribution >= 0.6 is 0 Å². The second-order valence-corrected chi connectivity index (χ2v) is 2.08. The molecule has 0 aliphatic rings. The van der Waals surface area contributed by atoms with Gasteiger partial charge in [0.15, 0.2) is 0 Å². The summed E-state index contributed by atoms with van der Waals surface area (Å²) in [5.74, 6) is 0. The molecule has 0 amide bonds. The summed E-state index contributed by atoms with van der Waals surface area (Å²) in [5.41, 5.74) is 1.10. The molecule has 0 rings (SSSR count). The molecular weight excluding hydrogens is 130 g/mol. The van der Waals surface area contributed by atoms with Crippen molar-refractivity contribution in [3.8, 4) is 0 Å². The molecule has 3 nitrogen and oxygen atoms in total. The van der Waals surface area contributed by atoms with Crippen LogP contribution in [0, 0.1) is 0 Å². The lowest BCUT2D eigenvalue weighted by Crippen LogP contribution is -1.97. The molecule has 0 unspecified atom stereocenters. The Labute approximate surface area is 61.0 Å². The highest BCUT2D eigenvalue weighted by atomic mass is 16.5. The molecule has 0 saturated heterocycles. The first-order valence-corrected chi connectivity index (χ1v) is 3.15. The molecule has 0 aromatic rings. The molecule has 0 heterocycles. The summed E-state index contributed by atoms with van der Waals surface area (Å²) in [6, 6.07) is 0. The summed E-state index contributed by atoms with van der Waals surface area (Å²) >= 11 is 0. The third kappa shape index (κ3) is 7.17. The SMILES string of the molecule is C=C(C)CCOC/C=N/O. The van der Waals surface area contributed by atoms with Crippen LogP contribution in [0.5, 0.6) is 0 Å². The van der Waals surface area contributed by atoms with Gasteiger partial charge in [0, 0.05) is 0 Å². The molecule has 0 bridgehead atoms. The number of nitrogens with zero attached hydrogens (tertiary/aromatic N) is 1. The molecule has 0 atom stereocenters. The Balaban J connectivity index is 2.98. The van der Waals surface area contributed by atoms with Crippen LogP contribution < -0.4 is 0 Å². The smallest absolute Gasteiger partial charge is 0.0852 e. The molecule has 0 saturated carbocycles. The largest absolute Gasteiger partial charge is 0.411 e. The predicted molar refractivity (Wildman–Crippen MR) is 40.5 cm³/mol. The third-order valence-corrected chi connectivity index (χ3v) is 0.947. The van der Waals surface area contributed by atoms with Crippen molar-refractivity contribution in [3.63, 3.8) is 0 Å². The van der Waals surface area contributed by atoms with Gasteiger partial charge in [-0.1, -0.05) is 10.7 Å². The molecule has 1 N–H and O–H groups in total. The van der Waals surface area contributed by atoms with Crippen molar-refractivity contribution in [2.45, 2.75) is 13.3 Å². The Morgan fingerprint density at radius 1 is 1.80 bits per heavy atom. The van der Waals surface area contributed by atoms with Crippen LogP contribution in [0.1, 0.15) is 13.3 Å². The fourth-order valence-electron chi connectivity index (χ4n) is 0.416.